The van der Waals surface area contributed by atoms with Crippen molar-refractivity contribution in [2.45, 2.75) is 63.8 Å². The second-order valence-electron chi connectivity index (χ2n) is 6.72. The molecular weight excluding hydrogens is 346 g/mol. The third-order valence-corrected chi connectivity index (χ3v) is 6.42. The van der Waals surface area contributed by atoms with E-state index in [-0.39, 0.29) is 0 Å². The average Bonchev–Trinajstić information content (AvgIpc) is 2.69. The van der Waals surface area contributed by atoms with Gasteiger partial charge in [0.25, 0.3) is 0 Å². The van der Waals surface area contributed by atoms with Crippen molar-refractivity contribution in [2.75, 3.05) is 19.4 Å². The van der Waals surface area contributed by atoms with E-state index in [1.54, 1.807) is 7.05 Å². The van der Waals surface area contributed by atoms with Gasteiger partial charge in [-0.15, -0.1) is 0 Å². The number of rotatable bonds is 8. The molecule has 26 heavy (non-hydrogen) atoms. The first-order valence-electron chi connectivity index (χ1n) is 9.72. The lowest BCUT2D eigenvalue weighted by molar-refractivity contribution is 0.317. The van der Waals surface area contributed by atoms with Gasteiger partial charge in [0.2, 0.25) is 0 Å². The molecule has 0 aromatic heterocycles. The van der Waals surface area contributed by atoms with E-state index in [1.807, 2.05) is 19.1 Å². The molecule has 146 valence electrons. The highest BCUT2D eigenvalue weighted by Crippen LogP contribution is 2.23. The largest absolute Gasteiger partial charge is 0.494 e. The van der Waals surface area contributed by atoms with Crippen LogP contribution in [0, 0.1) is 0 Å². The smallest absolute Gasteiger partial charge is 0.191 e. The van der Waals surface area contributed by atoms with Gasteiger partial charge in [-0.05, 0) is 43.4 Å². The van der Waals surface area contributed by atoms with Crippen molar-refractivity contribution in [3.8, 4) is 5.75 Å². The molecule has 0 aliphatic heterocycles. The monoisotopic (exact) mass is 379 g/mol. The maximum Gasteiger partial charge on any atom is 0.191 e. The summed E-state index contributed by atoms with van der Waals surface area (Å²) in [6.45, 7) is 5.54. The topological polar surface area (TPSA) is 62.7 Å². The second kappa shape index (κ2) is 11.2. The Labute approximate surface area is 160 Å². The number of benzene rings is 1. The molecule has 1 saturated carbocycles. The minimum absolute atomic E-state index is 0.316. The average molecular weight is 380 g/mol. The normalized spacial score (nSPS) is 21.9. The van der Waals surface area contributed by atoms with Gasteiger partial charge in [0.15, 0.2) is 5.96 Å². The van der Waals surface area contributed by atoms with Gasteiger partial charge >= 0.3 is 0 Å². The Morgan fingerprint density at radius 3 is 2.92 bits per heavy atom. The zero-order valence-corrected chi connectivity index (χ0v) is 17.1. The van der Waals surface area contributed by atoms with Crippen LogP contribution in [0.2, 0.25) is 0 Å². The summed E-state index contributed by atoms with van der Waals surface area (Å²) in [6, 6.07) is 8.50. The highest BCUT2D eigenvalue weighted by atomic mass is 32.2. The third-order valence-electron chi connectivity index (χ3n) is 4.68. The van der Waals surface area contributed by atoms with E-state index < -0.39 is 10.8 Å². The zero-order valence-electron chi connectivity index (χ0n) is 16.3. The number of guanidine groups is 1. The molecule has 0 bridgehead atoms. The van der Waals surface area contributed by atoms with Crippen molar-refractivity contribution in [3.05, 3.63) is 29.8 Å². The molecule has 2 N–H and O–H groups in total. The molecule has 0 spiro atoms. The molecule has 5 nitrogen and oxygen atoms in total. The Morgan fingerprint density at radius 1 is 1.35 bits per heavy atom. The van der Waals surface area contributed by atoms with Crippen molar-refractivity contribution < 1.29 is 8.95 Å². The third kappa shape index (κ3) is 6.63. The summed E-state index contributed by atoms with van der Waals surface area (Å²) in [7, 11) is 1.09. The predicted molar refractivity (Wildman–Crippen MR) is 110 cm³/mol. The second-order valence-corrected chi connectivity index (χ2v) is 8.73. The first kappa shape index (κ1) is 20.7. The molecule has 1 aromatic rings. The summed E-state index contributed by atoms with van der Waals surface area (Å²) in [5.41, 5.74) is 1.16. The lowest BCUT2D eigenvalue weighted by atomic mass is 9.95. The number of aliphatic imine (C=N–C) groups is 1. The van der Waals surface area contributed by atoms with Crippen LogP contribution in [0.4, 0.5) is 0 Å². The Morgan fingerprint density at radius 2 is 2.19 bits per heavy atom. The molecule has 3 unspecified atom stereocenters. The fourth-order valence-electron chi connectivity index (χ4n) is 3.29. The van der Waals surface area contributed by atoms with Crippen molar-refractivity contribution in [3.63, 3.8) is 0 Å². The molecule has 0 heterocycles. The van der Waals surface area contributed by atoms with E-state index in [1.165, 1.54) is 0 Å². The van der Waals surface area contributed by atoms with Crippen LogP contribution in [0.1, 0.15) is 51.5 Å². The van der Waals surface area contributed by atoms with Gasteiger partial charge in [0.05, 0.1) is 6.61 Å². The number of nitrogens with one attached hydrogen (secondary N) is 2. The fourth-order valence-corrected chi connectivity index (χ4v) is 4.64. The van der Waals surface area contributed by atoms with Crippen LogP contribution in [0.15, 0.2) is 29.3 Å². The van der Waals surface area contributed by atoms with Crippen LogP contribution < -0.4 is 15.4 Å². The molecule has 0 radical (unpaired) electrons. The van der Waals surface area contributed by atoms with Crippen molar-refractivity contribution in [1.29, 1.82) is 0 Å². The molecule has 1 fully saturated rings. The van der Waals surface area contributed by atoms with Crippen LogP contribution in [0.25, 0.3) is 0 Å². The molecule has 1 aliphatic carbocycles. The maximum atomic E-state index is 12.1. The predicted octanol–water partition coefficient (Wildman–Crippen LogP) is 3.22. The van der Waals surface area contributed by atoms with Gasteiger partial charge in [-0.1, -0.05) is 32.4 Å². The minimum atomic E-state index is -0.704. The Kier molecular flexibility index (Phi) is 8.95. The standard InChI is InChI=1S/C20H33N3O2S/c1-4-12-25-18-10-6-8-16(13-18)15-22-20(21-3)23-17-9-7-11-19(14-17)26(24)5-2/h6,8,10,13,17,19H,4-5,7,9,11-12,14-15H2,1-3H3,(H2,21,22,23). The zero-order chi connectivity index (χ0) is 18.8. The fraction of sp³-hybridized carbons (Fsp3) is 0.650. The van der Waals surface area contributed by atoms with Gasteiger partial charge < -0.3 is 15.4 Å². The Bertz CT molecular complexity index is 606. The van der Waals surface area contributed by atoms with E-state index in [0.29, 0.717) is 17.8 Å². The molecule has 1 aromatic carbocycles. The first-order chi connectivity index (χ1) is 12.7. The molecular formula is C20H33N3O2S. The van der Waals surface area contributed by atoms with Crippen LogP contribution in [-0.2, 0) is 17.3 Å². The van der Waals surface area contributed by atoms with Crippen LogP contribution in [-0.4, -0.2) is 40.9 Å². The van der Waals surface area contributed by atoms with Crippen LogP contribution in [0.3, 0.4) is 0 Å². The molecule has 6 heteroatoms. The van der Waals surface area contributed by atoms with Gasteiger partial charge in [-0.25, -0.2) is 0 Å². The van der Waals surface area contributed by atoms with Crippen LogP contribution in [0.5, 0.6) is 5.75 Å². The van der Waals surface area contributed by atoms with E-state index >= 15 is 0 Å². The molecule has 2 rings (SSSR count). The minimum Gasteiger partial charge on any atom is -0.494 e. The molecule has 0 saturated heterocycles. The van der Waals surface area contributed by atoms with Crippen molar-refractivity contribution in [1.82, 2.24) is 10.6 Å². The van der Waals surface area contributed by atoms with Gasteiger partial charge in [0, 0.05) is 41.4 Å². The molecule has 0 amide bonds. The highest BCUT2D eigenvalue weighted by Gasteiger charge is 2.25. The summed E-state index contributed by atoms with van der Waals surface area (Å²) in [5, 5.41) is 7.21. The first-order valence-corrected chi connectivity index (χ1v) is 11.1. The lowest BCUT2D eigenvalue weighted by Gasteiger charge is -2.30. The Balaban J connectivity index is 1.85. The molecule has 1 aliphatic rings. The van der Waals surface area contributed by atoms with Gasteiger partial charge in [-0.2, -0.15) is 0 Å². The van der Waals surface area contributed by atoms with Crippen LogP contribution >= 0.6 is 0 Å². The van der Waals surface area contributed by atoms with E-state index in [2.05, 4.69) is 34.7 Å². The van der Waals surface area contributed by atoms with Gasteiger partial charge in [-0.3, -0.25) is 9.20 Å². The van der Waals surface area contributed by atoms with E-state index in [9.17, 15) is 4.21 Å². The summed E-state index contributed by atoms with van der Waals surface area (Å²) in [6.07, 6.45) is 5.28. The lowest BCUT2D eigenvalue weighted by Crippen LogP contribution is -2.46. The Hall–Kier alpha value is -1.56. The maximum absolute atomic E-state index is 12.1. The van der Waals surface area contributed by atoms with Gasteiger partial charge in [0.1, 0.15) is 5.75 Å². The van der Waals surface area contributed by atoms with Crippen molar-refractivity contribution >= 4 is 16.8 Å². The number of hydrogen-bond donors (Lipinski definition) is 2. The highest BCUT2D eigenvalue weighted by molar-refractivity contribution is 7.85. The number of nitrogens with zero attached hydrogens (tertiary/aromatic N) is 1. The van der Waals surface area contributed by atoms with Crippen molar-refractivity contribution in [2.24, 2.45) is 4.99 Å². The molecule has 3 atom stereocenters. The summed E-state index contributed by atoms with van der Waals surface area (Å²) in [4.78, 5) is 4.35. The summed E-state index contributed by atoms with van der Waals surface area (Å²) < 4.78 is 17.8. The van der Waals surface area contributed by atoms with E-state index in [4.69, 9.17) is 4.74 Å². The summed E-state index contributed by atoms with van der Waals surface area (Å²) >= 11 is 0. The SMILES string of the molecule is CCCOc1cccc(CNC(=NC)NC2CCCC(S(=O)CC)C2)c1. The quantitative estimate of drug-likeness (QED) is 0.538. The number of ether oxygens (including phenoxy) is 1. The number of hydrogen-bond acceptors (Lipinski definition) is 3. The van der Waals surface area contributed by atoms with E-state index in [0.717, 1.165) is 61.7 Å². The summed E-state index contributed by atoms with van der Waals surface area (Å²) in [5.74, 6) is 2.46.